The molecule has 3 rings (SSSR count). The topological polar surface area (TPSA) is 72.8 Å². The van der Waals surface area contributed by atoms with Crippen LogP contribution in [0.5, 0.6) is 0 Å². The van der Waals surface area contributed by atoms with Gasteiger partial charge >= 0.3 is 0 Å². The van der Waals surface area contributed by atoms with E-state index in [0.717, 1.165) is 5.56 Å². The van der Waals surface area contributed by atoms with Crippen LogP contribution in [0.15, 0.2) is 77.0 Å². The Morgan fingerprint density at radius 1 is 0.862 bits per heavy atom. The van der Waals surface area contributed by atoms with Crippen molar-refractivity contribution in [1.82, 2.24) is 0 Å². The Kier molecular flexibility index (Phi) is 5.59. The lowest BCUT2D eigenvalue weighted by Crippen LogP contribution is -2.35. The summed E-state index contributed by atoms with van der Waals surface area (Å²) >= 11 is 0. The Balaban J connectivity index is 2.38. The molecule has 2 atom stereocenters. The van der Waals surface area contributed by atoms with E-state index in [1.165, 1.54) is 20.8 Å². The molecule has 29 heavy (non-hydrogen) atoms. The Morgan fingerprint density at radius 3 is 1.86 bits per heavy atom. The SMILES string of the molecule is CC(=O)C(=NC1(c2ccccc2)OC(C)=C(C(C)=O)C1c1ccccc1)C(C)=O. The highest BCUT2D eigenvalue weighted by atomic mass is 16.5. The second kappa shape index (κ2) is 7.95. The molecule has 0 N–H and O–H groups in total. The number of ketones is 3. The van der Waals surface area contributed by atoms with Crippen LogP contribution in [0.4, 0.5) is 0 Å². The Hall–Kier alpha value is -3.34. The van der Waals surface area contributed by atoms with Crippen molar-refractivity contribution in [2.45, 2.75) is 39.3 Å². The quantitative estimate of drug-likeness (QED) is 0.550. The molecule has 1 aliphatic heterocycles. The minimum atomic E-state index is -1.43. The molecule has 5 heteroatoms. The van der Waals surface area contributed by atoms with Gasteiger partial charge in [0.1, 0.15) is 11.5 Å². The zero-order valence-corrected chi connectivity index (χ0v) is 16.9. The van der Waals surface area contributed by atoms with E-state index in [9.17, 15) is 14.4 Å². The van der Waals surface area contributed by atoms with E-state index in [4.69, 9.17) is 4.74 Å². The molecular formula is C24H23NO4. The molecular weight excluding hydrogens is 366 g/mol. The first-order valence-electron chi connectivity index (χ1n) is 9.41. The van der Waals surface area contributed by atoms with Gasteiger partial charge in [-0.2, -0.15) is 0 Å². The van der Waals surface area contributed by atoms with Gasteiger partial charge in [-0.05, 0) is 19.4 Å². The molecule has 148 valence electrons. The second-order valence-corrected chi connectivity index (χ2v) is 7.11. The van der Waals surface area contributed by atoms with Crippen LogP contribution in [-0.4, -0.2) is 23.1 Å². The number of carbonyl (C=O) groups excluding carboxylic acids is 3. The van der Waals surface area contributed by atoms with Crippen LogP contribution >= 0.6 is 0 Å². The maximum Gasteiger partial charge on any atom is 0.237 e. The third kappa shape index (κ3) is 3.68. The molecule has 0 bridgehead atoms. The Bertz CT molecular complexity index is 1010. The first-order chi connectivity index (χ1) is 13.8. The van der Waals surface area contributed by atoms with Gasteiger partial charge in [0.25, 0.3) is 0 Å². The van der Waals surface area contributed by atoms with Crippen molar-refractivity contribution >= 4 is 23.1 Å². The molecule has 2 aromatic carbocycles. The summed E-state index contributed by atoms with van der Waals surface area (Å²) in [5.74, 6) is -1.20. The molecule has 5 nitrogen and oxygen atoms in total. The van der Waals surface area contributed by atoms with Gasteiger partial charge in [-0.3, -0.25) is 14.4 Å². The predicted octanol–water partition coefficient (Wildman–Crippen LogP) is 4.14. The van der Waals surface area contributed by atoms with Crippen molar-refractivity contribution in [2.24, 2.45) is 4.99 Å². The summed E-state index contributed by atoms with van der Waals surface area (Å²) in [6, 6.07) is 18.6. The third-order valence-electron chi connectivity index (χ3n) is 5.01. The van der Waals surface area contributed by atoms with Crippen LogP contribution < -0.4 is 0 Å². The number of nitrogens with zero attached hydrogens (tertiary/aromatic N) is 1. The van der Waals surface area contributed by atoms with Gasteiger partial charge < -0.3 is 4.74 Å². The Morgan fingerprint density at radius 2 is 1.38 bits per heavy atom. The molecule has 0 spiro atoms. The number of rotatable bonds is 6. The van der Waals surface area contributed by atoms with Crippen LogP contribution in [0.1, 0.15) is 44.7 Å². The lowest BCUT2D eigenvalue weighted by Gasteiger charge is -2.33. The summed E-state index contributed by atoms with van der Waals surface area (Å²) in [5.41, 5.74) is 0.334. The number of aliphatic imine (C=N–C) groups is 1. The third-order valence-corrected chi connectivity index (χ3v) is 5.01. The smallest absolute Gasteiger partial charge is 0.237 e. The van der Waals surface area contributed by atoms with E-state index in [-0.39, 0.29) is 11.5 Å². The van der Waals surface area contributed by atoms with Crippen LogP contribution in [0.25, 0.3) is 0 Å². The minimum Gasteiger partial charge on any atom is -0.465 e. The monoisotopic (exact) mass is 389 g/mol. The fourth-order valence-electron chi connectivity index (χ4n) is 3.86. The van der Waals surface area contributed by atoms with Crippen molar-refractivity contribution in [3.05, 3.63) is 83.1 Å². The van der Waals surface area contributed by atoms with Crippen molar-refractivity contribution < 1.29 is 19.1 Å². The number of allylic oxidation sites excluding steroid dienone is 1. The summed E-state index contributed by atoms with van der Waals surface area (Å²) in [6.07, 6.45) is 0. The molecule has 0 saturated heterocycles. The van der Waals surface area contributed by atoms with E-state index in [2.05, 4.69) is 4.99 Å². The van der Waals surface area contributed by atoms with Gasteiger partial charge in [0.2, 0.25) is 5.72 Å². The summed E-state index contributed by atoms with van der Waals surface area (Å²) in [6.45, 7) is 5.81. The average molecular weight is 389 g/mol. The molecule has 0 amide bonds. The van der Waals surface area contributed by atoms with E-state index in [0.29, 0.717) is 16.9 Å². The molecule has 0 saturated carbocycles. The molecule has 0 radical (unpaired) electrons. The van der Waals surface area contributed by atoms with Crippen LogP contribution in [-0.2, 0) is 24.8 Å². The van der Waals surface area contributed by atoms with Gasteiger partial charge in [0.15, 0.2) is 17.3 Å². The standard InChI is InChI=1S/C24H23NO4/c1-15(26)21-18(4)29-24(20-13-9-6-10-14-20,25-23(16(2)27)17(3)28)22(21)19-11-7-5-8-12-19/h5-14,22H,1-4H3. The molecule has 2 aromatic rings. The highest BCUT2D eigenvalue weighted by Crippen LogP contribution is 2.53. The first-order valence-corrected chi connectivity index (χ1v) is 9.41. The molecule has 0 fully saturated rings. The fourth-order valence-corrected chi connectivity index (χ4v) is 3.86. The normalized spacial score (nSPS) is 20.8. The van der Waals surface area contributed by atoms with Crippen molar-refractivity contribution in [2.75, 3.05) is 0 Å². The average Bonchev–Trinajstić information content (AvgIpc) is 3.00. The maximum atomic E-state index is 12.6. The van der Waals surface area contributed by atoms with E-state index < -0.39 is 23.2 Å². The molecule has 0 aliphatic carbocycles. The summed E-state index contributed by atoms with van der Waals surface area (Å²) < 4.78 is 6.27. The highest BCUT2D eigenvalue weighted by Gasteiger charge is 2.53. The van der Waals surface area contributed by atoms with E-state index in [1.807, 2.05) is 60.7 Å². The lowest BCUT2D eigenvalue weighted by atomic mass is 9.78. The van der Waals surface area contributed by atoms with Crippen molar-refractivity contribution in [1.29, 1.82) is 0 Å². The molecule has 2 unspecified atom stereocenters. The molecule has 1 aliphatic rings. The minimum absolute atomic E-state index is 0.142. The molecule has 1 heterocycles. The Labute approximate surface area is 170 Å². The van der Waals surface area contributed by atoms with Crippen LogP contribution in [0, 0.1) is 0 Å². The number of Topliss-reactive ketones (excluding diaryl/α,β-unsaturated/α-hetero) is 3. The summed E-state index contributed by atoms with van der Waals surface area (Å²) in [7, 11) is 0. The number of ether oxygens (including phenoxy) is 1. The molecule has 0 aromatic heterocycles. The fraction of sp³-hybridized carbons (Fsp3) is 0.250. The second-order valence-electron chi connectivity index (χ2n) is 7.11. The van der Waals surface area contributed by atoms with Gasteiger partial charge in [-0.25, -0.2) is 4.99 Å². The van der Waals surface area contributed by atoms with Crippen LogP contribution in [0.3, 0.4) is 0 Å². The van der Waals surface area contributed by atoms with Gasteiger partial charge in [-0.15, -0.1) is 0 Å². The van der Waals surface area contributed by atoms with Crippen molar-refractivity contribution in [3.8, 4) is 0 Å². The van der Waals surface area contributed by atoms with E-state index in [1.54, 1.807) is 6.92 Å². The first kappa shape index (κ1) is 20.4. The van der Waals surface area contributed by atoms with Gasteiger partial charge in [0.05, 0.1) is 5.92 Å². The van der Waals surface area contributed by atoms with Gasteiger partial charge in [0, 0.05) is 25.0 Å². The zero-order valence-electron chi connectivity index (χ0n) is 16.9. The largest absolute Gasteiger partial charge is 0.465 e. The van der Waals surface area contributed by atoms with E-state index >= 15 is 0 Å². The number of hydrogen-bond acceptors (Lipinski definition) is 5. The zero-order chi connectivity index (χ0) is 21.2. The highest BCUT2D eigenvalue weighted by molar-refractivity contribution is 6.65. The lowest BCUT2D eigenvalue weighted by molar-refractivity contribution is -0.115. The number of hydrogen-bond donors (Lipinski definition) is 0. The number of benzene rings is 2. The van der Waals surface area contributed by atoms with Gasteiger partial charge in [-0.1, -0.05) is 60.7 Å². The predicted molar refractivity (Wildman–Crippen MR) is 111 cm³/mol. The number of carbonyl (C=O) groups is 3. The maximum absolute atomic E-state index is 12.6. The van der Waals surface area contributed by atoms with Crippen LogP contribution in [0.2, 0.25) is 0 Å². The summed E-state index contributed by atoms with van der Waals surface area (Å²) in [5, 5.41) is 0. The summed E-state index contributed by atoms with van der Waals surface area (Å²) in [4.78, 5) is 41.6. The van der Waals surface area contributed by atoms with Crippen molar-refractivity contribution in [3.63, 3.8) is 0 Å².